The van der Waals surface area contributed by atoms with Gasteiger partial charge in [-0.2, -0.15) is 5.26 Å². The molecule has 0 unspecified atom stereocenters. The fourth-order valence-electron chi connectivity index (χ4n) is 3.25. The third kappa shape index (κ3) is 6.99. The molecule has 0 aliphatic rings. The average molecular weight is 616 g/mol. The molecule has 3 rings (SSSR count). The van der Waals surface area contributed by atoms with Gasteiger partial charge in [-0.25, -0.2) is 0 Å². The standard InChI is InChI=1S/C27H23ClIN3O4/c1-16-6-4-9-23(17(16)2)32-25(33)15-36-26-22(29)11-18(12-24(26)35-3)10-19(14-30)27(34)31-21-8-5-7-20(28)13-21/h4-13H,15H2,1-3H3,(H,31,34)(H,32,33)/b19-10-. The largest absolute Gasteiger partial charge is 0.493 e. The van der Waals surface area contributed by atoms with Crippen molar-refractivity contribution in [3.05, 3.63) is 85.5 Å². The molecule has 0 radical (unpaired) electrons. The maximum Gasteiger partial charge on any atom is 0.266 e. The molecule has 9 heteroatoms. The number of hydrogen-bond acceptors (Lipinski definition) is 5. The van der Waals surface area contributed by atoms with Crippen LogP contribution in [0.2, 0.25) is 5.02 Å². The number of anilines is 2. The number of carbonyl (C=O) groups is 2. The molecule has 0 bridgehead atoms. The summed E-state index contributed by atoms with van der Waals surface area (Å²) in [6.45, 7) is 3.69. The third-order valence-corrected chi connectivity index (χ3v) is 6.27. The molecule has 0 atom stereocenters. The predicted octanol–water partition coefficient (Wildman–Crippen LogP) is 6.13. The van der Waals surface area contributed by atoms with E-state index in [2.05, 4.69) is 10.6 Å². The number of carbonyl (C=O) groups excluding carboxylic acids is 2. The summed E-state index contributed by atoms with van der Waals surface area (Å²) >= 11 is 8.00. The van der Waals surface area contributed by atoms with E-state index >= 15 is 0 Å². The summed E-state index contributed by atoms with van der Waals surface area (Å²) in [4.78, 5) is 25.1. The number of rotatable bonds is 8. The second-order valence-corrected chi connectivity index (χ2v) is 9.35. The SMILES string of the molecule is COc1cc(/C=C(/C#N)C(=O)Nc2cccc(Cl)c2)cc(I)c1OCC(=O)Nc1cccc(C)c1C. The molecule has 0 aliphatic heterocycles. The monoisotopic (exact) mass is 615 g/mol. The van der Waals surface area contributed by atoms with E-state index in [9.17, 15) is 14.9 Å². The second kappa shape index (κ2) is 12.4. The molecule has 0 aromatic heterocycles. The lowest BCUT2D eigenvalue weighted by atomic mass is 10.1. The highest BCUT2D eigenvalue weighted by molar-refractivity contribution is 14.1. The Morgan fingerprint density at radius 1 is 1.11 bits per heavy atom. The van der Waals surface area contributed by atoms with Gasteiger partial charge in [-0.05, 0) is 95.6 Å². The van der Waals surface area contributed by atoms with Gasteiger partial charge in [0.1, 0.15) is 11.6 Å². The number of hydrogen-bond donors (Lipinski definition) is 2. The molecule has 184 valence electrons. The van der Waals surface area contributed by atoms with E-state index in [1.165, 1.54) is 13.2 Å². The Morgan fingerprint density at radius 2 is 1.86 bits per heavy atom. The Kier molecular flexibility index (Phi) is 9.33. The van der Waals surface area contributed by atoms with Crippen molar-refractivity contribution >= 4 is 63.5 Å². The fraction of sp³-hybridized carbons (Fsp3) is 0.148. The zero-order valence-corrected chi connectivity index (χ0v) is 22.7. The quantitative estimate of drug-likeness (QED) is 0.180. The van der Waals surface area contributed by atoms with Crippen molar-refractivity contribution in [3.63, 3.8) is 0 Å². The summed E-state index contributed by atoms with van der Waals surface area (Å²) in [5.74, 6) is -0.138. The number of nitrogens with one attached hydrogen (secondary N) is 2. The second-order valence-electron chi connectivity index (χ2n) is 7.75. The van der Waals surface area contributed by atoms with E-state index < -0.39 is 5.91 Å². The normalized spacial score (nSPS) is 10.8. The summed E-state index contributed by atoms with van der Waals surface area (Å²) in [6.07, 6.45) is 1.45. The van der Waals surface area contributed by atoms with Gasteiger partial charge in [0.15, 0.2) is 18.1 Å². The van der Waals surface area contributed by atoms with Crippen LogP contribution in [0.3, 0.4) is 0 Å². The number of ether oxygens (including phenoxy) is 2. The van der Waals surface area contributed by atoms with Crippen LogP contribution < -0.4 is 20.1 Å². The molecule has 2 amide bonds. The Morgan fingerprint density at radius 3 is 2.56 bits per heavy atom. The molecule has 0 aliphatic carbocycles. The van der Waals surface area contributed by atoms with Crippen molar-refractivity contribution in [1.29, 1.82) is 5.26 Å². The minimum Gasteiger partial charge on any atom is -0.493 e. The predicted molar refractivity (Wildman–Crippen MR) is 149 cm³/mol. The van der Waals surface area contributed by atoms with Gasteiger partial charge in [0.25, 0.3) is 11.8 Å². The van der Waals surface area contributed by atoms with Crippen LogP contribution in [0.5, 0.6) is 11.5 Å². The molecule has 2 N–H and O–H groups in total. The first-order valence-corrected chi connectivity index (χ1v) is 12.2. The van der Waals surface area contributed by atoms with Crippen molar-refractivity contribution in [1.82, 2.24) is 0 Å². The first kappa shape index (κ1) is 27.0. The Labute approximate surface area is 228 Å². The molecule has 3 aromatic carbocycles. The highest BCUT2D eigenvalue weighted by Crippen LogP contribution is 2.35. The third-order valence-electron chi connectivity index (χ3n) is 5.24. The maximum absolute atomic E-state index is 12.6. The smallest absolute Gasteiger partial charge is 0.266 e. The number of amides is 2. The van der Waals surface area contributed by atoms with Crippen LogP contribution in [-0.2, 0) is 9.59 Å². The van der Waals surface area contributed by atoms with Gasteiger partial charge in [0.05, 0.1) is 10.7 Å². The molecule has 36 heavy (non-hydrogen) atoms. The summed E-state index contributed by atoms with van der Waals surface area (Å²) in [5.41, 5.74) is 3.72. The van der Waals surface area contributed by atoms with Crippen LogP contribution in [0.1, 0.15) is 16.7 Å². The van der Waals surface area contributed by atoms with Crippen LogP contribution in [0, 0.1) is 28.7 Å². The number of halogens is 2. The topological polar surface area (TPSA) is 100 Å². The highest BCUT2D eigenvalue weighted by atomic mass is 127. The Balaban J connectivity index is 1.75. The van der Waals surface area contributed by atoms with E-state index in [4.69, 9.17) is 21.1 Å². The van der Waals surface area contributed by atoms with E-state index in [-0.39, 0.29) is 18.1 Å². The summed E-state index contributed by atoms with van der Waals surface area (Å²) in [7, 11) is 1.47. The van der Waals surface area contributed by atoms with E-state index in [0.717, 1.165) is 16.8 Å². The highest BCUT2D eigenvalue weighted by Gasteiger charge is 2.16. The van der Waals surface area contributed by atoms with Gasteiger partial charge < -0.3 is 20.1 Å². The van der Waals surface area contributed by atoms with Crippen LogP contribution in [0.25, 0.3) is 6.08 Å². The zero-order chi connectivity index (χ0) is 26.2. The van der Waals surface area contributed by atoms with Crippen molar-refractivity contribution < 1.29 is 19.1 Å². The molecule has 0 saturated heterocycles. The van der Waals surface area contributed by atoms with Gasteiger partial charge in [-0.3, -0.25) is 9.59 Å². The number of nitriles is 1. The first-order chi connectivity index (χ1) is 17.2. The van der Waals surface area contributed by atoms with Crippen LogP contribution in [-0.4, -0.2) is 25.5 Å². The maximum atomic E-state index is 12.6. The van der Waals surface area contributed by atoms with E-state index in [0.29, 0.717) is 31.3 Å². The number of methoxy groups -OCH3 is 1. The fourth-order valence-corrected chi connectivity index (χ4v) is 4.23. The van der Waals surface area contributed by atoms with Crippen LogP contribution in [0.4, 0.5) is 11.4 Å². The number of benzene rings is 3. The lowest BCUT2D eigenvalue weighted by Gasteiger charge is -2.15. The van der Waals surface area contributed by atoms with Crippen molar-refractivity contribution in [3.8, 4) is 17.6 Å². The van der Waals surface area contributed by atoms with Gasteiger partial charge in [0.2, 0.25) is 0 Å². The molecule has 7 nitrogen and oxygen atoms in total. The lowest BCUT2D eigenvalue weighted by molar-refractivity contribution is -0.118. The molecule has 0 saturated carbocycles. The lowest BCUT2D eigenvalue weighted by Crippen LogP contribution is -2.21. The molecule has 3 aromatic rings. The van der Waals surface area contributed by atoms with Gasteiger partial charge in [-0.1, -0.05) is 29.8 Å². The molecule has 0 fully saturated rings. The van der Waals surface area contributed by atoms with Gasteiger partial charge in [0, 0.05) is 16.4 Å². The van der Waals surface area contributed by atoms with Crippen molar-refractivity contribution in [2.75, 3.05) is 24.4 Å². The van der Waals surface area contributed by atoms with Gasteiger partial charge >= 0.3 is 0 Å². The Bertz CT molecular complexity index is 1380. The van der Waals surface area contributed by atoms with Crippen LogP contribution in [0.15, 0.2) is 60.2 Å². The van der Waals surface area contributed by atoms with E-state index in [1.807, 2.05) is 60.7 Å². The molecular weight excluding hydrogens is 593 g/mol. The van der Waals surface area contributed by atoms with Crippen molar-refractivity contribution in [2.45, 2.75) is 13.8 Å². The molecule has 0 heterocycles. The van der Waals surface area contributed by atoms with Crippen LogP contribution >= 0.6 is 34.2 Å². The van der Waals surface area contributed by atoms with Gasteiger partial charge in [-0.15, -0.1) is 0 Å². The number of aryl methyl sites for hydroxylation is 1. The zero-order valence-electron chi connectivity index (χ0n) is 19.8. The molecular formula is C27H23ClIN3O4. The Hall–Kier alpha value is -3.55. The summed E-state index contributed by atoms with van der Waals surface area (Å²) < 4.78 is 11.9. The minimum atomic E-state index is -0.572. The minimum absolute atomic E-state index is 0.102. The average Bonchev–Trinajstić information content (AvgIpc) is 2.84. The van der Waals surface area contributed by atoms with E-state index in [1.54, 1.807) is 36.4 Å². The first-order valence-electron chi connectivity index (χ1n) is 10.8. The summed E-state index contributed by atoms with van der Waals surface area (Å²) in [5, 5.41) is 15.5. The summed E-state index contributed by atoms with van der Waals surface area (Å²) in [6, 6.07) is 17.6. The molecule has 0 spiro atoms. The number of nitrogens with zero attached hydrogens (tertiary/aromatic N) is 1. The van der Waals surface area contributed by atoms with Crippen molar-refractivity contribution in [2.24, 2.45) is 0 Å².